The van der Waals surface area contributed by atoms with Crippen molar-refractivity contribution in [3.05, 3.63) is 0 Å². The van der Waals surface area contributed by atoms with E-state index in [4.69, 9.17) is 9.47 Å². The van der Waals surface area contributed by atoms with Gasteiger partial charge in [-0.15, -0.1) is 0 Å². The average Bonchev–Trinajstić information content (AvgIpc) is 2.69. The van der Waals surface area contributed by atoms with Gasteiger partial charge in [0.15, 0.2) is 11.6 Å². The highest BCUT2D eigenvalue weighted by atomic mass is 16.5. The quantitative estimate of drug-likeness (QED) is 0.344. The number of ether oxygens (including phenoxy) is 4. The highest BCUT2D eigenvalue weighted by molar-refractivity contribution is 6.21. The molecule has 2 bridgehead atoms. The Kier molecular flexibility index (Phi) is 5.39. The highest BCUT2D eigenvalue weighted by Crippen LogP contribution is 2.57. The van der Waals surface area contributed by atoms with Crippen LogP contribution >= 0.6 is 0 Å². The first-order chi connectivity index (χ1) is 12.6. The molecule has 0 aliphatic heterocycles. The Balaban J connectivity index is 2.75. The largest absolute Gasteiger partial charge is 0.468 e. The Bertz CT molecular complexity index is 665. The van der Waals surface area contributed by atoms with Crippen molar-refractivity contribution in [2.45, 2.75) is 19.3 Å². The van der Waals surface area contributed by atoms with Gasteiger partial charge in [-0.25, -0.2) is 0 Å². The molecule has 0 heterocycles. The second kappa shape index (κ2) is 7.09. The van der Waals surface area contributed by atoms with Crippen LogP contribution in [0, 0.1) is 22.7 Å². The van der Waals surface area contributed by atoms with Crippen molar-refractivity contribution in [2.24, 2.45) is 22.7 Å². The number of fused-ring (bicyclic) bond motifs is 2. The van der Waals surface area contributed by atoms with Crippen molar-refractivity contribution in [1.29, 1.82) is 0 Å². The van der Waals surface area contributed by atoms with Gasteiger partial charge in [0, 0.05) is 0 Å². The number of hydrogen-bond acceptors (Lipinski definition) is 10. The minimum absolute atomic E-state index is 0.544. The zero-order valence-electron chi connectivity index (χ0n) is 15.4. The Labute approximate surface area is 154 Å². The molecule has 0 radical (unpaired) electrons. The summed E-state index contributed by atoms with van der Waals surface area (Å²) in [5.41, 5.74) is -4.10. The van der Waals surface area contributed by atoms with E-state index < -0.39 is 77.4 Å². The minimum Gasteiger partial charge on any atom is -0.468 e. The van der Waals surface area contributed by atoms with Crippen molar-refractivity contribution in [3.8, 4) is 0 Å². The molecule has 0 amide bonds. The van der Waals surface area contributed by atoms with E-state index >= 15 is 0 Å². The molecule has 4 atom stereocenters. The summed E-state index contributed by atoms with van der Waals surface area (Å²) in [6, 6.07) is 0. The van der Waals surface area contributed by atoms with Crippen LogP contribution in [0.4, 0.5) is 0 Å². The topological polar surface area (TPSA) is 139 Å². The molecule has 0 spiro atoms. The molecule has 2 saturated carbocycles. The Morgan fingerprint density at radius 2 is 1.04 bits per heavy atom. The van der Waals surface area contributed by atoms with Crippen LogP contribution in [0.2, 0.25) is 0 Å². The van der Waals surface area contributed by atoms with Gasteiger partial charge in [-0.3, -0.25) is 28.8 Å². The summed E-state index contributed by atoms with van der Waals surface area (Å²) in [6.07, 6.45) is -1.66. The Morgan fingerprint density at radius 1 is 0.704 bits per heavy atom. The number of hydrogen-bond donors (Lipinski definition) is 0. The molecule has 0 saturated heterocycles. The Hall–Kier alpha value is -2.78. The fourth-order valence-corrected chi connectivity index (χ4v) is 4.15. The van der Waals surface area contributed by atoms with Crippen LogP contribution in [0.3, 0.4) is 0 Å². The third-order valence-corrected chi connectivity index (χ3v) is 5.41. The van der Waals surface area contributed by atoms with Crippen LogP contribution < -0.4 is 0 Å². The zero-order chi connectivity index (χ0) is 20.6. The van der Waals surface area contributed by atoms with E-state index in [2.05, 4.69) is 9.47 Å². The van der Waals surface area contributed by atoms with Gasteiger partial charge in [0.1, 0.15) is 22.7 Å². The molecular weight excluding hydrogens is 364 g/mol. The maximum absolute atomic E-state index is 13.1. The molecule has 148 valence electrons. The summed E-state index contributed by atoms with van der Waals surface area (Å²) in [5.74, 6) is -8.90. The summed E-state index contributed by atoms with van der Waals surface area (Å²) < 4.78 is 18.7. The number of esters is 4. The summed E-state index contributed by atoms with van der Waals surface area (Å²) in [7, 11) is 4.12. The number of carbonyl (C=O) groups excluding carboxylic acids is 6. The summed E-state index contributed by atoms with van der Waals surface area (Å²) in [6.45, 7) is 0. The van der Waals surface area contributed by atoms with Gasteiger partial charge in [0.05, 0.1) is 28.4 Å². The molecule has 0 aromatic rings. The zero-order valence-corrected chi connectivity index (χ0v) is 15.4. The van der Waals surface area contributed by atoms with E-state index in [9.17, 15) is 28.8 Å². The van der Waals surface area contributed by atoms with E-state index in [0.29, 0.717) is 0 Å². The van der Waals surface area contributed by atoms with Crippen molar-refractivity contribution in [1.82, 2.24) is 0 Å². The summed E-state index contributed by atoms with van der Waals surface area (Å²) in [5, 5.41) is 0. The van der Waals surface area contributed by atoms with Gasteiger partial charge >= 0.3 is 23.9 Å². The first-order valence-electron chi connectivity index (χ1n) is 8.06. The number of ketones is 2. The molecule has 2 rings (SSSR count). The van der Waals surface area contributed by atoms with Gasteiger partial charge < -0.3 is 18.9 Å². The van der Waals surface area contributed by atoms with Gasteiger partial charge in [0.2, 0.25) is 0 Å². The van der Waals surface area contributed by atoms with Crippen LogP contribution in [0.5, 0.6) is 0 Å². The predicted molar refractivity (Wildman–Crippen MR) is 83.8 cm³/mol. The third-order valence-electron chi connectivity index (χ3n) is 5.41. The predicted octanol–water partition coefficient (Wildman–Crippen LogP) is -0.781. The average molecular weight is 384 g/mol. The first kappa shape index (κ1) is 20.5. The molecule has 2 fully saturated rings. The molecule has 10 heteroatoms. The Morgan fingerprint density at radius 3 is 1.30 bits per heavy atom. The number of rotatable bonds is 4. The van der Waals surface area contributed by atoms with Gasteiger partial charge in [-0.2, -0.15) is 0 Å². The maximum atomic E-state index is 13.1. The van der Waals surface area contributed by atoms with Crippen LogP contribution in [0.25, 0.3) is 0 Å². The molecular formula is C17H20O10. The lowest BCUT2D eigenvalue weighted by Gasteiger charge is -2.50. The molecule has 10 nitrogen and oxygen atoms in total. The fourth-order valence-electron chi connectivity index (χ4n) is 4.15. The van der Waals surface area contributed by atoms with Crippen LogP contribution in [0.1, 0.15) is 19.3 Å². The standard InChI is InChI=1S/C17H20O10/c1-24-12(20)8-5-16(14(22)26-3)7-17(10(8)18,15(23)27-4)6-9(11(16)19)13(21)25-2/h8-9H,5-7H2,1-4H3/t8-,9+,16-,17-/m1/s1. The van der Waals surface area contributed by atoms with Crippen molar-refractivity contribution >= 4 is 35.4 Å². The van der Waals surface area contributed by atoms with Crippen molar-refractivity contribution in [3.63, 3.8) is 0 Å². The van der Waals surface area contributed by atoms with Gasteiger partial charge in [-0.1, -0.05) is 0 Å². The van der Waals surface area contributed by atoms with E-state index in [1.165, 1.54) is 0 Å². The van der Waals surface area contributed by atoms with E-state index in [0.717, 1.165) is 28.4 Å². The van der Waals surface area contributed by atoms with Gasteiger partial charge in [0.25, 0.3) is 0 Å². The number of methoxy groups -OCH3 is 4. The van der Waals surface area contributed by atoms with Crippen LogP contribution in [-0.2, 0) is 47.7 Å². The lowest BCUT2D eigenvalue weighted by atomic mass is 9.48. The monoisotopic (exact) mass is 384 g/mol. The smallest absolute Gasteiger partial charge is 0.319 e. The van der Waals surface area contributed by atoms with E-state index in [-0.39, 0.29) is 0 Å². The van der Waals surface area contributed by atoms with Gasteiger partial charge in [-0.05, 0) is 19.3 Å². The van der Waals surface area contributed by atoms with Crippen LogP contribution in [-0.4, -0.2) is 63.9 Å². The van der Waals surface area contributed by atoms with E-state index in [1.54, 1.807) is 0 Å². The SMILES string of the molecule is COC(=O)[C@H]1C[C@@]2(C(=O)OC)C[C@](C(=O)OC)(C[C@@H](C(=O)OC)C2=O)C1=O. The molecule has 27 heavy (non-hydrogen) atoms. The normalized spacial score (nSPS) is 32.3. The molecule has 2 aliphatic carbocycles. The molecule has 0 N–H and O–H groups in total. The molecule has 2 aliphatic rings. The lowest BCUT2D eigenvalue weighted by molar-refractivity contribution is -0.188. The minimum atomic E-state index is -2.05. The summed E-state index contributed by atoms with van der Waals surface area (Å²) in [4.78, 5) is 75.5. The molecule has 0 aromatic heterocycles. The fraction of sp³-hybridized carbons (Fsp3) is 0.647. The molecule has 0 aromatic carbocycles. The van der Waals surface area contributed by atoms with Crippen molar-refractivity contribution in [2.75, 3.05) is 28.4 Å². The second-order valence-corrected chi connectivity index (χ2v) is 6.61. The first-order valence-corrected chi connectivity index (χ1v) is 8.06. The number of Topliss-reactive ketones (excluding diaryl/α,β-unsaturated/α-hetero) is 2. The maximum Gasteiger partial charge on any atom is 0.319 e. The van der Waals surface area contributed by atoms with Crippen LogP contribution in [0.15, 0.2) is 0 Å². The molecule has 0 unspecified atom stereocenters. The highest BCUT2D eigenvalue weighted by Gasteiger charge is 2.71. The third kappa shape index (κ3) is 2.79. The number of carbonyl (C=O) groups is 6. The van der Waals surface area contributed by atoms with Crippen molar-refractivity contribution < 1.29 is 47.7 Å². The second-order valence-electron chi connectivity index (χ2n) is 6.61. The summed E-state index contributed by atoms with van der Waals surface area (Å²) >= 11 is 0. The van der Waals surface area contributed by atoms with E-state index in [1.807, 2.05) is 0 Å². The lowest BCUT2D eigenvalue weighted by Crippen LogP contribution is -2.65.